The molecule has 1 aliphatic heterocycles. The number of hydrogen-bond donors (Lipinski definition) is 0. The van der Waals surface area contributed by atoms with Crippen molar-refractivity contribution in [2.24, 2.45) is 0 Å². The van der Waals surface area contributed by atoms with Crippen LogP contribution in [0.4, 0.5) is 13.2 Å². The van der Waals surface area contributed by atoms with Crippen LogP contribution >= 0.6 is 11.8 Å². The van der Waals surface area contributed by atoms with Gasteiger partial charge in [-0.25, -0.2) is 0 Å². The van der Waals surface area contributed by atoms with Crippen molar-refractivity contribution in [2.45, 2.75) is 31.7 Å². The van der Waals surface area contributed by atoms with E-state index in [2.05, 4.69) is 28.1 Å². The van der Waals surface area contributed by atoms with Crippen molar-refractivity contribution in [3.05, 3.63) is 71.0 Å². The number of aromatic nitrogens is 3. The summed E-state index contributed by atoms with van der Waals surface area (Å²) in [5, 5.41) is 8.82. The molecule has 1 fully saturated rings. The molecule has 10 heteroatoms. The number of aryl methyl sites for hydroxylation is 2. The third-order valence-electron chi connectivity index (χ3n) is 6.00. The SMILES string of the molecule is Cc1ccc(-n2cnnc2SCC(=O)N2CCN(Cc3cccc(C(F)(F)F)c3)CC2)cc1C. The molecule has 3 aromatic rings. The number of amides is 1. The van der Waals surface area contributed by atoms with E-state index < -0.39 is 11.7 Å². The molecule has 0 atom stereocenters. The number of carbonyl (C=O) groups is 1. The van der Waals surface area contributed by atoms with Crippen LogP contribution in [0.15, 0.2) is 53.9 Å². The summed E-state index contributed by atoms with van der Waals surface area (Å²) in [6.45, 7) is 6.85. The zero-order chi connectivity index (χ0) is 24.3. The Morgan fingerprint density at radius 3 is 2.50 bits per heavy atom. The molecule has 0 spiro atoms. The highest BCUT2D eigenvalue weighted by molar-refractivity contribution is 7.99. The number of alkyl halides is 3. The predicted octanol–water partition coefficient (Wildman–Crippen LogP) is 4.34. The van der Waals surface area contributed by atoms with Gasteiger partial charge in [0.2, 0.25) is 5.91 Å². The first kappa shape index (κ1) is 24.3. The molecule has 0 N–H and O–H groups in total. The third kappa shape index (κ3) is 5.79. The molecule has 1 amide bonds. The van der Waals surface area contributed by atoms with Gasteiger partial charge in [-0.2, -0.15) is 13.2 Å². The lowest BCUT2D eigenvalue weighted by Gasteiger charge is -2.34. The summed E-state index contributed by atoms with van der Waals surface area (Å²) in [6, 6.07) is 11.5. The van der Waals surface area contributed by atoms with Crippen LogP contribution < -0.4 is 0 Å². The van der Waals surface area contributed by atoms with E-state index in [0.717, 1.165) is 11.8 Å². The highest BCUT2D eigenvalue weighted by Gasteiger charge is 2.30. The number of nitrogens with zero attached hydrogens (tertiary/aromatic N) is 5. The van der Waals surface area contributed by atoms with Gasteiger partial charge in [-0.15, -0.1) is 10.2 Å². The van der Waals surface area contributed by atoms with E-state index in [0.29, 0.717) is 43.4 Å². The standard InChI is InChI=1S/C24H26F3N5OS/c1-17-6-7-21(12-18(17)2)32-16-28-29-23(32)34-15-22(33)31-10-8-30(9-11-31)14-19-4-3-5-20(13-19)24(25,26)27/h3-7,12-13,16H,8-11,14-15H2,1-2H3. The molecule has 2 heterocycles. The van der Waals surface area contributed by atoms with Crippen molar-refractivity contribution in [1.29, 1.82) is 0 Å². The monoisotopic (exact) mass is 489 g/mol. The molecule has 0 saturated carbocycles. The summed E-state index contributed by atoms with van der Waals surface area (Å²) in [5.74, 6) is 0.260. The van der Waals surface area contributed by atoms with E-state index in [-0.39, 0.29) is 11.7 Å². The third-order valence-corrected chi connectivity index (χ3v) is 6.92. The zero-order valence-corrected chi connectivity index (χ0v) is 19.9. The molecule has 1 aliphatic rings. The molecule has 6 nitrogen and oxygen atoms in total. The second-order valence-corrected chi connectivity index (χ2v) is 9.34. The first-order valence-electron chi connectivity index (χ1n) is 11.0. The van der Waals surface area contributed by atoms with Gasteiger partial charge >= 0.3 is 6.18 Å². The normalized spacial score (nSPS) is 15.0. The molecular formula is C24H26F3N5OS. The Morgan fingerprint density at radius 2 is 1.79 bits per heavy atom. The summed E-state index contributed by atoms with van der Waals surface area (Å²) in [5.41, 5.74) is 3.31. The maximum absolute atomic E-state index is 12.9. The molecular weight excluding hydrogens is 463 g/mol. The van der Waals surface area contributed by atoms with Gasteiger partial charge in [-0.1, -0.05) is 36.0 Å². The van der Waals surface area contributed by atoms with Gasteiger partial charge in [0.25, 0.3) is 0 Å². The molecule has 1 aromatic heterocycles. The van der Waals surface area contributed by atoms with Crippen LogP contribution in [0.25, 0.3) is 5.69 Å². The molecule has 0 unspecified atom stereocenters. The van der Waals surface area contributed by atoms with Crippen LogP contribution in [0.1, 0.15) is 22.3 Å². The van der Waals surface area contributed by atoms with Crippen LogP contribution in [-0.4, -0.2) is 62.4 Å². The maximum atomic E-state index is 12.9. The fourth-order valence-corrected chi connectivity index (χ4v) is 4.68. The second kappa shape index (κ2) is 10.2. The van der Waals surface area contributed by atoms with Crippen molar-refractivity contribution < 1.29 is 18.0 Å². The Labute approximate surface area is 200 Å². The summed E-state index contributed by atoms with van der Waals surface area (Å²) >= 11 is 1.35. The Morgan fingerprint density at radius 1 is 1.03 bits per heavy atom. The van der Waals surface area contributed by atoms with Crippen molar-refractivity contribution in [3.63, 3.8) is 0 Å². The van der Waals surface area contributed by atoms with E-state index in [1.165, 1.54) is 35.0 Å². The van der Waals surface area contributed by atoms with Crippen molar-refractivity contribution in [3.8, 4) is 5.69 Å². The van der Waals surface area contributed by atoms with Crippen molar-refractivity contribution >= 4 is 17.7 Å². The lowest BCUT2D eigenvalue weighted by atomic mass is 10.1. The number of thioether (sulfide) groups is 1. The zero-order valence-electron chi connectivity index (χ0n) is 19.0. The fraction of sp³-hybridized carbons (Fsp3) is 0.375. The first-order valence-corrected chi connectivity index (χ1v) is 12.0. The summed E-state index contributed by atoms with van der Waals surface area (Å²) in [6.07, 6.45) is -2.70. The average Bonchev–Trinajstić information content (AvgIpc) is 3.28. The quantitative estimate of drug-likeness (QED) is 0.482. The highest BCUT2D eigenvalue weighted by Crippen LogP contribution is 2.30. The number of benzene rings is 2. The molecule has 34 heavy (non-hydrogen) atoms. The van der Waals surface area contributed by atoms with Gasteiger partial charge in [-0.05, 0) is 48.7 Å². The molecule has 0 bridgehead atoms. The van der Waals surface area contributed by atoms with Gasteiger partial charge in [0.15, 0.2) is 5.16 Å². The summed E-state index contributed by atoms with van der Waals surface area (Å²) < 4.78 is 40.7. The smallest absolute Gasteiger partial charge is 0.339 e. The van der Waals surface area contributed by atoms with Crippen LogP contribution in [0, 0.1) is 13.8 Å². The molecule has 2 aromatic carbocycles. The number of carbonyl (C=O) groups excluding carboxylic acids is 1. The molecule has 4 rings (SSSR count). The van der Waals surface area contributed by atoms with Crippen LogP contribution in [-0.2, 0) is 17.5 Å². The van der Waals surface area contributed by atoms with Gasteiger partial charge < -0.3 is 4.90 Å². The Kier molecular flexibility index (Phi) is 7.27. The van der Waals surface area contributed by atoms with Gasteiger partial charge in [-0.3, -0.25) is 14.3 Å². The first-order chi connectivity index (χ1) is 16.2. The number of piperazine rings is 1. The van der Waals surface area contributed by atoms with Crippen LogP contribution in [0.5, 0.6) is 0 Å². The second-order valence-electron chi connectivity index (χ2n) is 8.40. The largest absolute Gasteiger partial charge is 0.416 e. The van der Waals surface area contributed by atoms with Gasteiger partial charge in [0.05, 0.1) is 11.3 Å². The minimum Gasteiger partial charge on any atom is -0.339 e. The van der Waals surface area contributed by atoms with Gasteiger partial charge in [0.1, 0.15) is 6.33 Å². The fourth-order valence-electron chi connectivity index (χ4n) is 3.85. The summed E-state index contributed by atoms with van der Waals surface area (Å²) in [4.78, 5) is 16.6. The number of rotatable bonds is 6. The molecule has 0 radical (unpaired) electrons. The van der Waals surface area contributed by atoms with Crippen molar-refractivity contribution in [2.75, 3.05) is 31.9 Å². The minimum atomic E-state index is -4.35. The highest BCUT2D eigenvalue weighted by atomic mass is 32.2. The van der Waals surface area contributed by atoms with Crippen molar-refractivity contribution in [1.82, 2.24) is 24.6 Å². The predicted molar refractivity (Wildman–Crippen MR) is 125 cm³/mol. The topological polar surface area (TPSA) is 54.3 Å². The van der Waals surface area contributed by atoms with E-state index >= 15 is 0 Å². The van der Waals surface area contributed by atoms with E-state index in [1.54, 1.807) is 17.3 Å². The Hall–Kier alpha value is -2.85. The number of hydrogen-bond acceptors (Lipinski definition) is 5. The maximum Gasteiger partial charge on any atom is 0.416 e. The van der Waals surface area contributed by atoms with Crippen LogP contribution in [0.3, 0.4) is 0 Å². The lowest BCUT2D eigenvalue weighted by Crippen LogP contribution is -2.48. The molecule has 180 valence electrons. The Bertz CT molecular complexity index is 1160. The van der Waals surface area contributed by atoms with E-state index in [1.807, 2.05) is 23.6 Å². The van der Waals surface area contributed by atoms with Gasteiger partial charge in [0, 0.05) is 38.4 Å². The lowest BCUT2D eigenvalue weighted by molar-refractivity contribution is -0.137. The summed E-state index contributed by atoms with van der Waals surface area (Å²) in [7, 11) is 0. The van der Waals surface area contributed by atoms with Crippen LogP contribution in [0.2, 0.25) is 0 Å². The Balaban J connectivity index is 1.29. The molecule has 1 saturated heterocycles. The van der Waals surface area contributed by atoms with E-state index in [9.17, 15) is 18.0 Å². The minimum absolute atomic E-state index is 0.0124. The van der Waals surface area contributed by atoms with E-state index in [4.69, 9.17) is 0 Å². The average molecular weight is 490 g/mol. The molecule has 0 aliphatic carbocycles. The number of halogens is 3.